The van der Waals surface area contributed by atoms with E-state index in [0.717, 1.165) is 35.5 Å². The molecule has 0 aromatic carbocycles. The average Bonchev–Trinajstić information content (AvgIpc) is 3.10. The topological polar surface area (TPSA) is 9.23 Å². The number of allylic oxidation sites excluding steroid dienone is 1. The zero-order valence-corrected chi connectivity index (χ0v) is 26.3. The lowest BCUT2D eigenvalue weighted by Gasteiger charge is -2.59. The molecule has 2 heteroatoms. The molecular formula is C33H60OSi. The number of hydrogen-bond acceptors (Lipinski definition) is 1. The first-order valence-corrected chi connectivity index (χ1v) is 18.5. The van der Waals surface area contributed by atoms with Crippen molar-refractivity contribution in [2.45, 2.75) is 150 Å². The van der Waals surface area contributed by atoms with Crippen LogP contribution in [0, 0.1) is 46.3 Å². The summed E-state index contributed by atoms with van der Waals surface area (Å²) in [5, 5.41) is 0.304. The Morgan fingerprint density at radius 1 is 0.971 bits per heavy atom. The summed E-state index contributed by atoms with van der Waals surface area (Å²) >= 11 is 0. The van der Waals surface area contributed by atoms with Crippen molar-refractivity contribution in [1.82, 2.24) is 0 Å². The summed E-state index contributed by atoms with van der Waals surface area (Å²) in [4.78, 5) is 0. The molecule has 1 nitrogen and oxygen atoms in total. The van der Waals surface area contributed by atoms with E-state index in [1.807, 2.05) is 0 Å². The predicted molar refractivity (Wildman–Crippen MR) is 155 cm³/mol. The molecule has 4 aliphatic carbocycles. The Balaban J connectivity index is 1.45. The fourth-order valence-electron chi connectivity index (χ4n) is 9.35. The summed E-state index contributed by atoms with van der Waals surface area (Å²) < 4.78 is 6.94. The first-order chi connectivity index (χ1) is 16.2. The third-order valence-electron chi connectivity index (χ3n) is 12.5. The van der Waals surface area contributed by atoms with Crippen LogP contribution in [0.2, 0.25) is 18.1 Å². The van der Waals surface area contributed by atoms with Crippen molar-refractivity contribution in [2.75, 3.05) is 0 Å². The van der Waals surface area contributed by atoms with Crippen LogP contribution in [0.4, 0.5) is 0 Å². The van der Waals surface area contributed by atoms with E-state index in [0.29, 0.717) is 22.0 Å². The van der Waals surface area contributed by atoms with Gasteiger partial charge in [0.15, 0.2) is 8.32 Å². The summed E-state index contributed by atoms with van der Waals surface area (Å²) in [7, 11) is -1.70. The minimum Gasteiger partial charge on any atom is -0.414 e. The van der Waals surface area contributed by atoms with Gasteiger partial charge < -0.3 is 4.43 Å². The smallest absolute Gasteiger partial charge is 0.192 e. The molecule has 0 bridgehead atoms. The Hall–Kier alpha value is -0.0831. The molecule has 3 saturated carbocycles. The lowest BCUT2D eigenvalue weighted by molar-refractivity contribution is -0.0565. The first-order valence-electron chi connectivity index (χ1n) is 15.6. The van der Waals surface area contributed by atoms with Crippen LogP contribution in [0.15, 0.2) is 11.6 Å². The Kier molecular flexibility index (Phi) is 7.91. The second kappa shape index (κ2) is 9.90. The molecule has 4 rings (SSSR count). The summed E-state index contributed by atoms with van der Waals surface area (Å²) in [6.07, 6.45) is 18.7. The molecule has 3 fully saturated rings. The summed E-state index contributed by atoms with van der Waals surface area (Å²) in [5.74, 6) is 5.56. The van der Waals surface area contributed by atoms with Crippen LogP contribution in [0.25, 0.3) is 0 Å². The van der Waals surface area contributed by atoms with Gasteiger partial charge in [0.25, 0.3) is 0 Å². The third-order valence-corrected chi connectivity index (χ3v) is 17.1. The van der Waals surface area contributed by atoms with Crippen molar-refractivity contribution >= 4 is 8.32 Å². The molecule has 0 amide bonds. The molecule has 0 spiro atoms. The van der Waals surface area contributed by atoms with E-state index in [4.69, 9.17) is 4.43 Å². The normalized spacial score (nSPS) is 40.7. The van der Waals surface area contributed by atoms with Crippen LogP contribution < -0.4 is 0 Å². The second-order valence-corrected chi connectivity index (χ2v) is 20.8. The minimum absolute atomic E-state index is 0.304. The van der Waals surface area contributed by atoms with Crippen molar-refractivity contribution in [3.8, 4) is 0 Å². The molecule has 0 aromatic heterocycles. The van der Waals surface area contributed by atoms with E-state index in [1.165, 1.54) is 70.6 Å². The highest BCUT2D eigenvalue weighted by Gasteiger charge is 2.59. The maximum absolute atomic E-state index is 6.94. The summed E-state index contributed by atoms with van der Waals surface area (Å²) in [6, 6.07) is 0. The zero-order chi connectivity index (χ0) is 25.8. The number of fused-ring (bicyclic) bond motifs is 5. The Morgan fingerprint density at radius 2 is 1.69 bits per heavy atom. The van der Waals surface area contributed by atoms with Crippen LogP contribution in [-0.4, -0.2) is 14.4 Å². The fourth-order valence-corrected chi connectivity index (χ4v) is 10.7. The maximum Gasteiger partial charge on any atom is 0.192 e. The zero-order valence-electron chi connectivity index (χ0n) is 25.3. The van der Waals surface area contributed by atoms with Gasteiger partial charge in [0.1, 0.15) is 0 Å². The van der Waals surface area contributed by atoms with Gasteiger partial charge in [-0.15, -0.1) is 0 Å². The molecule has 202 valence electrons. The van der Waals surface area contributed by atoms with Crippen molar-refractivity contribution < 1.29 is 4.43 Å². The van der Waals surface area contributed by atoms with Crippen LogP contribution in [0.5, 0.6) is 0 Å². The van der Waals surface area contributed by atoms with E-state index in [-0.39, 0.29) is 0 Å². The van der Waals surface area contributed by atoms with Gasteiger partial charge in [-0.1, -0.05) is 86.3 Å². The van der Waals surface area contributed by atoms with Gasteiger partial charge in [-0.05, 0) is 116 Å². The highest BCUT2D eigenvalue weighted by atomic mass is 28.4. The fraction of sp³-hybridized carbons (Fsp3) is 0.939. The van der Waals surface area contributed by atoms with E-state index < -0.39 is 8.32 Å². The van der Waals surface area contributed by atoms with Gasteiger partial charge in [0, 0.05) is 6.10 Å². The second-order valence-electron chi connectivity index (χ2n) is 16.0. The summed E-state index contributed by atoms with van der Waals surface area (Å²) in [5.41, 5.74) is 2.83. The molecule has 0 aliphatic heterocycles. The van der Waals surface area contributed by atoms with Gasteiger partial charge in [-0.3, -0.25) is 0 Å². The monoisotopic (exact) mass is 500 g/mol. The SMILES string of the molecule is CC(C)CCCC(C)[C@H]1CC[C@H]2[C@@H]3CC=C4C[C@@H](O[Si](C)(C)C(C)(C)C)CC[C@]4(C)[C@H]3CC[C@]12C. The van der Waals surface area contributed by atoms with Gasteiger partial charge in [-0.2, -0.15) is 0 Å². The molecule has 0 N–H and O–H groups in total. The Labute approximate surface area is 220 Å². The molecule has 0 saturated heterocycles. The first kappa shape index (κ1) is 27.9. The van der Waals surface area contributed by atoms with Crippen LogP contribution in [0.1, 0.15) is 126 Å². The standard InChI is InChI=1S/C33H60OSi/c1-23(2)12-11-13-24(3)28-16-17-29-27-15-14-25-22-26(34-35(9,10)31(4,5)6)18-20-32(25,7)30(27)19-21-33(28,29)8/h14,23-24,26-30H,11-13,15-22H2,1-10H3/t24?,26-,27-,28+,29-,30-,32-,33+/m0/s1. The van der Waals surface area contributed by atoms with Crippen molar-refractivity contribution in [1.29, 1.82) is 0 Å². The largest absolute Gasteiger partial charge is 0.414 e. The molecular weight excluding hydrogens is 440 g/mol. The van der Waals surface area contributed by atoms with Crippen molar-refractivity contribution in [3.05, 3.63) is 11.6 Å². The van der Waals surface area contributed by atoms with E-state index in [1.54, 1.807) is 5.57 Å². The van der Waals surface area contributed by atoms with E-state index in [9.17, 15) is 0 Å². The number of hydrogen-bond donors (Lipinski definition) is 0. The van der Waals surface area contributed by atoms with Crippen LogP contribution >= 0.6 is 0 Å². The van der Waals surface area contributed by atoms with Gasteiger partial charge in [0.2, 0.25) is 0 Å². The van der Waals surface area contributed by atoms with Crippen LogP contribution in [0.3, 0.4) is 0 Å². The maximum atomic E-state index is 6.94. The lowest BCUT2D eigenvalue weighted by Crippen LogP contribution is -2.52. The molecule has 0 radical (unpaired) electrons. The van der Waals surface area contributed by atoms with E-state index in [2.05, 4.69) is 74.6 Å². The summed E-state index contributed by atoms with van der Waals surface area (Å²) in [6.45, 7) is 24.8. The average molecular weight is 501 g/mol. The number of rotatable bonds is 7. The van der Waals surface area contributed by atoms with Crippen molar-refractivity contribution in [3.63, 3.8) is 0 Å². The van der Waals surface area contributed by atoms with Crippen molar-refractivity contribution in [2.24, 2.45) is 46.3 Å². The molecule has 4 aliphatic rings. The van der Waals surface area contributed by atoms with Gasteiger partial charge in [-0.25, -0.2) is 0 Å². The quantitative estimate of drug-likeness (QED) is 0.249. The third kappa shape index (κ3) is 5.15. The molecule has 0 aromatic rings. The molecule has 1 unspecified atom stereocenters. The van der Waals surface area contributed by atoms with Gasteiger partial charge >= 0.3 is 0 Å². The Bertz CT molecular complexity index is 774. The Morgan fingerprint density at radius 3 is 2.34 bits per heavy atom. The van der Waals surface area contributed by atoms with Crippen LogP contribution in [-0.2, 0) is 4.43 Å². The highest BCUT2D eigenvalue weighted by molar-refractivity contribution is 6.74. The lowest BCUT2D eigenvalue weighted by atomic mass is 9.47. The molecule has 0 heterocycles. The van der Waals surface area contributed by atoms with Gasteiger partial charge in [0.05, 0.1) is 0 Å². The molecule has 35 heavy (non-hydrogen) atoms. The van der Waals surface area contributed by atoms with E-state index >= 15 is 0 Å². The minimum atomic E-state index is -1.70. The predicted octanol–water partition coefficient (Wildman–Crippen LogP) is 10.4. The molecule has 8 atom stereocenters. The highest BCUT2D eigenvalue weighted by Crippen LogP contribution is 2.67.